The number of ether oxygens (including phenoxy) is 2. The van der Waals surface area contributed by atoms with Crippen LogP contribution in [0.1, 0.15) is 27.2 Å². The highest BCUT2D eigenvalue weighted by Crippen LogP contribution is 2.31. The third-order valence-corrected chi connectivity index (χ3v) is 2.69. The molecule has 0 N–H and O–H groups in total. The molecular weight excluding hydrogens is 214 g/mol. The second kappa shape index (κ2) is 7.05. The van der Waals surface area contributed by atoms with E-state index in [1.165, 1.54) is 5.69 Å². The van der Waals surface area contributed by atoms with Crippen LogP contribution in [0.5, 0.6) is 11.5 Å². The predicted octanol–water partition coefficient (Wildman–Crippen LogP) is 3.33. The first-order valence-electron chi connectivity index (χ1n) is 6.32. The van der Waals surface area contributed by atoms with E-state index in [4.69, 9.17) is 9.47 Å². The van der Waals surface area contributed by atoms with Gasteiger partial charge in [-0.3, -0.25) is 0 Å². The number of hydrogen-bond donors (Lipinski definition) is 0. The molecule has 0 radical (unpaired) electrons. The molecule has 0 aromatic heterocycles. The molecule has 0 fully saturated rings. The highest BCUT2D eigenvalue weighted by atomic mass is 16.5. The number of nitrogens with zero attached hydrogens (tertiary/aromatic N) is 1. The molecule has 17 heavy (non-hydrogen) atoms. The zero-order valence-corrected chi connectivity index (χ0v) is 11.3. The quantitative estimate of drug-likeness (QED) is 0.726. The van der Waals surface area contributed by atoms with Gasteiger partial charge in [-0.25, -0.2) is 0 Å². The maximum absolute atomic E-state index is 5.59. The summed E-state index contributed by atoms with van der Waals surface area (Å²) in [5.74, 6) is 1.62. The molecule has 3 nitrogen and oxygen atoms in total. The van der Waals surface area contributed by atoms with Crippen LogP contribution in [-0.2, 0) is 0 Å². The molecule has 0 amide bonds. The summed E-state index contributed by atoms with van der Waals surface area (Å²) in [4.78, 5) is 2.34. The largest absolute Gasteiger partial charge is 0.493 e. The summed E-state index contributed by atoms with van der Waals surface area (Å²) in [6.07, 6.45) is 1.14. The van der Waals surface area contributed by atoms with Crippen molar-refractivity contribution in [1.29, 1.82) is 0 Å². The topological polar surface area (TPSA) is 21.7 Å². The fourth-order valence-electron chi connectivity index (χ4n) is 1.87. The van der Waals surface area contributed by atoms with E-state index in [1.54, 1.807) is 7.11 Å². The van der Waals surface area contributed by atoms with Gasteiger partial charge in [0.25, 0.3) is 0 Å². The van der Waals surface area contributed by atoms with Crippen LogP contribution in [0.3, 0.4) is 0 Å². The van der Waals surface area contributed by atoms with Gasteiger partial charge in [0.15, 0.2) is 11.5 Å². The van der Waals surface area contributed by atoms with Gasteiger partial charge in [-0.2, -0.15) is 0 Å². The van der Waals surface area contributed by atoms with Crippen LogP contribution in [0.15, 0.2) is 18.2 Å². The van der Waals surface area contributed by atoms with Crippen molar-refractivity contribution < 1.29 is 9.47 Å². The molecule has 0 aliphatic carbocycles. The Morgan fingerprint density at radius 3 is 2.41 bits per heavy atom. The lowest BCUT2D eigenvalue weighted by Gasteiger charge is -2.23. The van der Waals surface area contributed by atoms with E-state index in [0.717, 1.165) is 31.0 Å². The molecular formula is C14H23NO2. The fraction of sp³-hybridized carbons (Fsp3) is 0.571. The van der Waals surface area contributed by atoms with E-state index in [2.05, 4.69) is 30.9 Å². The van der Waals surface area contributed by atoms with Gasteiger partial charge in [0, 0.05) is 24.8 Å². The molecule has 0 unspecified atom stereocenters. The van der Waals surface area contributed by atoms with E-state index in [9.17, 15) is 0 Å². The van der Waals surface area contributed by atoms with Crippen LogP contribution in [0.4, 0.5) is 5.69 Å². The van der Waals surface area contributed by atoms with Crippen molar-refractivity contribution in [3.05, 3.63) is 18.2 Å². The van der Waals surface area contributed by atoms with Gasteiger partial charge in [-0.15, -0.1) is 0 Å². The van der Waals surface area contributed by atoms with Gasteiger partial charge >= 0.3 is 0 Å². The summed E-state index contributed by atoms with van der Waals surface area (Å²) in [6, 6.07) is 6.11. The minimum atomic E-state index is 0.652. The van der Waals surface area contributed by atoms with Gasteiger partial charge in [0.1, 0.15) is 0 Å². The SMILES string of the molecule is CCCN(CC)c1ccc(OC)c(OCC)c1. The zero-order chi connectivity index (χ0) is 12.7. The number of anilines is 1. The van der Waals surface area contributed by atoms with Crippen molar-refractivity contribution >= 4 is 5.69 Å². The Bertz CT molecular complexity index is 339. The molecule has 1 aromatic carbocycles. The standard InChI is InChI=1S/C14H23NO2/c1-5-10-15(6-2)12-8-9-13(16-4)14(11-12)17-7-3/h8-9,11H,5-7,10H2,1-4H3. The normalized spacial score (nSPS) is 10.1. The second-order valence-electron chi connectivity index (χ2n) is 3.85. The van der Waals surface area contributed by atoms with Crippen molar-refractivity contribution in [2.75, 3.05) is 31.7 Å². The summed E-state index contributed by atoms with van der Waals surface area (Å²) in [5, 5.41) is 0. The molecule has 0 heterocycles. The second-order valence-corrected chi connectivity index (χ2v) is 3.85. The van der Waals surface area contributed by atoms with Crippen molar-refractivity contribution in [3.8, 4) is 11.5 Å². The molecule has 0 saturated heterocycles. The summed E-state index contributed by atoms with van der Waals surface area (Å²) in [5.41, 5.74) is 1.19. The molecule has 1 aromatic rings. The summed E-state index contributed by atoms with van der Waals surface area (Å²) >= 11 is 0. The van der Waals surface area contributed by atoms with E-state index >= 15 is 0 Å². The first-order chi connectivity index (χ1) is 8.26. The van der Waals surface area contributed by atoms with Gasteiger partial charge in [-0.05, 0) is 32.4 Å². The summed E-state index contributed by atoms with van der Waals surface area (Å²) in [6.45, 7) is 9.06. The molecule has 0 saturated carbocycles. The third kappa shape index (κ3) is 3.55. The minimum absolute atomic E-state index is 0.652. The lowest BCUT2D eigenvalue weighted by Crippen LogP contribution is -2.23. The molecule has 0 bridgehead atoms. The lowest BCUT2D eigenvalue weighted by molar-refractivity contribution is 0.311. The van der Waals surface area contributed by atoms with Crippen LogP contribution in [0, 0.1) is 0 Å². The highest BCUT2D eigenvalue weighted by molar-refractivity contribution is 5.56. The summed E-state index contributed by atoms with van der Waals surface area (Å²) < 4.78 is 10.9. The van der Waals surface area contributed by atoms with Gasteiger partial charge < -0.3 is 14.4 Å². The van der Waals surface area contributed by atoms with Gasteiger partial charge in [0.05, 0.1) is 13.7 Å². The average Bonchev–Trinajstić information content (AvgIpc) is 2.36. The monoisotopic (exact) mass is 237 g/mol. The van der Waals surface area contributed by atoms with Crippen molar-refractivity contribution in [2.24, 2.45) is 0 Å². The van der Waals surface area contributed by atoms with Crippen LogP contribution in [-0.4, -0.2) is 26.8 Å². The van der Waals surface area contributed by atoms with E-state index in [0.29, 0.717) is 6.61 Å². The third-order valence-electron chi connectivity index (χ3n) is 2.69. The number of rotatable bonds is 7. The molecule has 0 aliphatic heterocycles. The van der Waals surface area contributed by atoms with E-state index in [-0.39, 0.29) is 0 Å². The Balaban J connectivity index is 2.96. The molecule has 96 valence electrons. The minimum Gasteiger partial charge on any atom is -0.493 e. The Hall–Kier alpha value is -1.38. The Morgan fingerprint density at radius 2 is 1.88 bits per heavy atom. The average molecular weight is 237 g/mol. The Kier molecular flexibility index (Phi) is 5.67. The van der Waals surface area contributed by atoms with Gasteiger partial charge in [0.2, 0.25) is 0 Å². The van der Waals surface area contributed by atoms with E-state index < -0.39 is 0 Å². The Morgan fingerprint density at radius 1 is 1.12 bits per heavy atom. The zero-order valence-electron chi connectivity index (χ0n) is 11.3. The smallest absolute Gasteiger partial charge is 0.163 e. The number of benzene rings is 1. The summed E-state index contributed by atoms with van der Waals surface area (Å²) in [7, 11) is 1.67. The van der Waals surface area contributed by atoms with E-state index in [1.807, 2.05) is 13.0 Å². The van der Waals surface area contributed by atoms with Crippen LogP contribution in [0.25, 0.3) is 0 Å². The number of methoxy groups -OCH3 is 1. The molecule has 1 rings (SSSR count). The lowest BCUT2D eigenvalue weighted by atomic mass is 10.2. The van der Waals surface area contributed by atoms with Crippen molar-refractivity contribution in [1.82, 2.24) is 0 Å². The van der Waals surface area contributed by atoms with Crippen molar-refractivity contribution in [3.63, 3.8) is 0 Å². The van der Waals surface area contributed by atoms with Gasteiger partial charge in [-0.1, -0.05) is 6.92 Å². The maximum Gasteiger partial charge on any atom is 0.163 e. The molecule has 3 heteroatoms. The maximum atomic E-state index is 5.59. The first-order valence-corrected chi connectivity index (χ1v) is 6.32. The van der Waals surface area contributed by atoms with Crippen LogP contribution < -0.4 is 14.4 Å². The highest BCUT2D eigenvalue weighted by Gasteiger charge is 2.09. The molecule has 0 atom stereocenters. The number of hydrogen-bond acceptors (Lipinski definition) is 3. The first kappa shape index (κ1) is 13.7. The molecule has 0 spiro atoms. The molecule has 0 aliphatic rings. The van der Waals surface area contributed by atoms with Crippen LogP contribution >= 0.6 is 0 Å². The Labute approximate surface area is 104 Å². The van der Waals surface area contributed by atoms with Crippen molar-refractivity contribution in [2.45, 2.75) is 27.2 Å². The predicted molar refractivity (Wildman–Crippen MR) is 72.3 cm³/mol. The fourth-order valence-corrected chi connectivity index (χ4v) is 1.87. The van der Waals surface area contributed by atoms with Crippen LogP contribution in [0.2, 0.25) is 0 Å².